The zero-order valence-corrected chi connectivity index (χ0v) is 11.7. The van der Waals surface area contributed by atoms with Crippen molar-refractivity contribution in [3.8, 4) is 11.6 Å². The maximum atomic E-state index is 5.77. The van der Waals surface area contributed by atoms with Crippen LogP contribution in [0.25, 0.3) is 10.8 Å². The summed E-state index contributed by atoms with van der Waals surface area (Å²) in [6.07, 6.45) is 1.90. The predicted octanol–water partition coefficient (Wildman–Crippen LogP) is 3.73. The van der Waals surface area contributed by atoms with E-state index < -0.39 is 0 Å². The Morgan fingerprint density at radius 2 is 1.80 bits per heavy atom. The number of thioether (sulfide) groups is 1. The molecule has 0 amide bonds. The van der Waals surface area contributed by atoms with Gasteiger partial charge in [-0.2, -0.15) is 4.98 Å². The molecule has 20 heavy (non-hydrogen) atoms. The van der Waals surface area contributed by atoms with Crippen molar-refractivity contribution in [2.45, 2.75) is 5.16 Å². The van der Waals surface area contributed by atoms with Crippen molar-refractivity contribution >= 4 is 28.4 Å². The van der Waals surface area contributed by atoms with Gasteiger partial charge >= 0.3 is 0 Å². The highest BCUT2D eigenvalue weighted by Gasteiger charge is 2.05. The van der Waals surface area contributed by atoms with Crippen molar-refractivity contribution < 1.29 is 4.74 Å². The van der Waals surface area contributed by atoms with Crippen LogP contribution in [0.2, 0.25) is 0 Å². The van der Waals surface area contributed by atoms with Gasteiger partial charge in [-0.15, -0.1) is 0 Å². The van der Waals surface area contributed by atoms with Crippen LogP contribution in [0, 0.1) is 0 Å². The molecular formula is C15H13N3OS. The lowest BCUT2D eigenvalue weighted by molar-refractivity contribution is 0.457. The number of fused-ring (bicyclic) bond motifs is 1. The summed E-state index contributed by atoms with van der Waals surface area (Å²) in [7, 11) is 0. The van der Waals surface area contributed by atoms with Gasteiger partial charge in [0.2, 0.25) is 5.88 Å². The number of benzene rings is 2. The fourth-order valence-corrected chi connectivity index (χ4v) is 2.29. The number of nitrogens with two attached hydrogens (primary N) is 1. The Kier molecular flexibility index (Phi) is 3.43. The van der Waals surface area contributed by atoms with Crippen molar-refractivity contribution in [3.05, 3.63) is 48.5 Å². The Balaban J connectivity index is 1.94. The van der Waals surface area contributed by atoms with Crippen LogP contribution < -0.4 is 10.5 Å². The largest absolute Gasteiger partial charge is 0.439 e. The molecule has 2 aromatic carbocycles. The summed E-state index contributed by atoms with van der Waals surface area (Å²) in [6.45, 7) is 0. The molecule has 3 aromatic rings. The van der Waals surface area contributed by atoms with Gasteiger partial charge in [0.05, 0.1) is 0 Å². The third kappa shape index (κ3) is 2.67. The minimum absolute atomic E-state index is 0.403. The lowest BCUT2D eigenvalue weighted by Gasteiger charge is -2.07. The first-order valence-corrected chi connectivity index (χ1v) is 7.32. The minimum Gasteiger partial charge on any atom is -0.439 e. The van der Waals surface area contributed by atoms with Gasteiger partial charge in [0.1, 0.15) is 11.6 Å². The van der Waals surface area contributed by atoms with Gasteiger partial charge in [-0.05, 0) is 29.2 Å². The van der Waals surface area contributed by atoms with Gasteiger partial charge in [0, 0.05) is 6.07 Å². The van der Waals surface area contributed by atoms with E-state index >= 15 is 0 Å². The van der Waals surface area contributed by atoms with E-state index in [-0.39, 0.29) is 0 Å². The van der Waals surface area contributed by atoms with Crippen LogP contribution in [-0.2, 0) is 0 Å². The van der Waals surface area contributed by atoms with Crippen LogP contribution in [0.1, 0.15) is 0 Å². The van der Waals surface area contributed by atoms with E-state index in [1.165, 1.54) is 17.1 Å². The highest BCUT2D eigenvalue weighted by atomic mass is 32.2. The molecular weight excluding hydrogens is 270 g/mol. The maximum absolute atomic E-state index is 5.77. The van der Waals surface area contributed by atoms with Crippen molar-refractivity contribution in [1.82, 2.24) is 9.97 Å². The van der Waals surface area contributed by atoms with Crippen LogP contribution in [0.5, 0.6) is 11.6 Å². The van der Waals surface area contributed by atoms with E-state index in [0.717, 1.165) is 11.1 Å². The summed E-state index contributed by atoms with van der Waals surface area (Å²) in [6, 6.07) is 15.7. The quantitative estimate of drug-likeness (QED) is 0.586. The number of nitrogen functional groups attached to an aromatic ring is 1. The summed E-state index contributed by atoms with van der Waals surface area (Å²) in [5.74, 6) is 1.59. The highest BCUT2D eigenvalue weighted by Crippen LogP contribution is 2.26. The molecule has 1 heterocycles. The molecule has 1 aromatic heterocycles. The third-order valence-corrected chi connectivity index (χ3v) is 3.38. The molecule has 0 saturated carbocycles. The second-order valence-corrected chi connectivity index (χ2v) is 5.00. The SMILES string of the molecule is CSc1nc(N)cc(Oc2ccc3ccccc3c2)n1. The Bertz CT molecular complexity index is 761. The lowest BCUT2D eigenvalue weighted by Crippen LogP contribution is -1.97. The monoisotopic (exact) mass is 283 g/mol. The molecule has 0 saturated heterocycles. The number of anilines is 1. The summed E-state index contributed by atoms with van der Waals surface area (Å²) >= 11 is 1.43. The van der Waals surface area contributed by atoms with Crippen molar-refractivity contribution in [2.24, 2.45) is 0 Å². The third-order valence-electron chi connectivity index (χ3n) is 2.83. The fourth-order valence-electron chi connectivity index (χ4n) is 1.92. The van der Waals surface area contributed by atoms with Crippen molar-refractivity contribution in [1.29, 1.82) is 0 Å². The first-order valence-electron chi connectivity index (χ1n) is 6.10. The van der Waals surface area contributed by atoms with Gasteiger partial charge in [-0.25, -0.2) is 4.98 Å². The van der Waals surface area contributed by atoms with Gasteiger partial charge in [-0.3, -0.25) is 0 Å². The molecule has 0 atom stereocenters. The van der Waals surface area contributed by atoms with Gasteiger partial charge in [0.15, 0.2) is 5.16 Å². The number of ether oxygens (including phenoxy) is 1. The van der Waals surface area contributed by atoms with Crippen LogP contribution in [0.15, 0.2) is 53.7 Å². The first kappa shape index (κ1) is 12.7. The van der Waals surface area contributed by atoms with Gasteiger partial charge in [-0.1, -0.05) is 42.1 Å². The van der Waals surface area contributed by atoms with Crippen LogP contribution >= 0.6 is 11.8 Å². The average Bonchev–Trinajstić information content (AvgIpc) is 2.46. The lowest BCUT2D eigenvalue weighted by atomic mass is 10.1. The molecule has 2 N–H and O–H groups in total. The molecule has 0 radical (unpaired) electrons. The van der Waals surface area contributed by atoms with Gasteiger partial charge in [0.25, 0.3) is 0 Å². The Hall–Kier alpha value is -2.27. The fraction of sp³-hybridized carbons (Fsp3) is 0.0667. The Morgan fingerprint density at radius 3 is 2.60 bits per heavy atom. The molecule has 0 spiro atoms. The molecule has 100 valence electrons. The summed E-state index contributed by atoms with van der Waals surface area (Å²) in [4.78, 5) is 8.37. The number of hydrogen-bond acceptors (Lipinski definition) is 5. The van der Waals surface area contributed by atoms with E-state index in [2.05, 4.69) is 16.0 Å². The summed E-state index contributed by atoms with van der Waals surface area (Å²) in [5.41, 5.74) is 5.73. The highest BCUT2D eigenvalue weighted by molar-refractivity contribution is 7.98. The number of nitrogens with zero attached hydrogens (tertiary/aromatic N) is 2. The number of aromatic nitrogens is 2. The second kappa shape index (κ2) is 5.38. The van der Waals surface area contributed by atoms with Crippen LogP contribution in [0.3, 0.4) is 0 Å². The van der Waals surface area contributed by atoms with Crippen molar-refractivity contribution in [2.75, 3.05) is 12.0 Å². The smallest absolute Gasteiger partial charge is 0.225 e. The maximum Gasteiger partial charge on any atom is 0.225 e. The van der Waals surface area contributed by atoms with Crippen molar-refractivity contribution in [3.63, 3.8) is 0 Å². The van der Waals surface area contributed by atoms with E-state index in [1.807, 2.05) is 42.7 Å². The topological polar surface area (TPSA) is 61.0 Å². The molecule has 3 rings (SSSR count). The molecule has 0 fully saturated rings. The number of rotatable bonds is 3. The van der Waals surface area contributed by atoms with Crippen LogP contribution in [0.4, 0.5) is 5.82 Å². The second-order valence-electron chi connectivity index (χ2n) is 4.23. The summed E-state index contributed by atoms with van der Waals surface area (Å²) < 4.78 is 5.77. The molecule has 0 bridgehead atoms. The predicted molar refractivity (Wildman–Crippen MR) is 82.2 cm³/mol. The molecule has 0 unspecified atom stereocenters. The normalized spacial score (nSPS) is 10.7. The molecule has 4 nitrogen and oxygen atoms in total. The molecule has 0 aliphatic heterocycles. The molecule has 0 aliphatic rings. The number of hydrogen-bond donors (Lipinski definition) is 1. The zero-order chi connectivity index (χ0) is 13.9. The van der Waals surface area contributed by atoms with E-state index in [0.29, 0.717) is 16.9 Å². The minimum atomic E-state index is 0.403. The first-order chi connectivity index (χ1) is 9.74. The Labute approximate surface area is 121 Å². The standard InChI is InChI=1S/C15H13N3OS/c1-20-15-17-13(16)9-14(18-15)19-12-7-6-10-4-2-3-5-11(10)8-12/h2-9H,1H3,(H2,16,17,18). The van der Waals surface area contributed by atoms with Gasteiger partial charge < -0.3 is 10.5 Å². The molecule has 0 aliphatic carbocycles. The van der Waals surface area contributed by atoms with E-state index in [4.69, 9.17) is 10.5 Å². The van der Waals surface area contributed by atoms with Crippen LogP contribution in [-0.4, -0.2) is 16.2 Å². The average molecular weight is 283 g/mol. The Morgan fingerprint density at radius 1 is 1.00 bits per heavy atom. The van der Waals surface area contributed by atoms with E-state index in [1.54, 1.807) is 6.07 Å². The van der Waals surface area contributed by atoms with E-state index in [9.17, 15) is 0 Å². The summed E-state index contributed by atoms with van der Waals surface area (Å²) in [5, 5.41) is 2.89. The zero-order valence-electron chi connectivity index (χ0n) is 10.9. The molecule has 5 heteroatoms.